The fourth-order valence-corrected chi connectivity index (χ4v) is 2.18. The summed E-state index contributed by atoms with van der Waals surface area (Å²) in [6.07, 6.45) is 0. The monoisotopic (exact) mass is 329 g/mol. The summed E-state index contributed by atoms with van der Waals surface area (Å²) in [6, 6.07) is 3.56. The number of halogens is 1. The molecule has 0 aromatic carbocycles. The Labute approximate surface area is 120 Å². The van der Waals surface area contributed by atoms with Crippen molar-refractivity contribution < 1.29 is 4.79 Å². The van der Waals surface area contributed by atoms with Crippen LogP contribution in [0.5, 0.6) is 0 Å². The SMILES string of the molecule is Cc1nc(NC(=O)C(C(N)=S)C(C)C)ccc1Br. The third-order valence-corrected chi connectivity index (χ3v) is 3.62. The first-order valence-corrected chi connectivity index (χ1v) is 6.76. The molecule has 98 valence electrons. The van der Waals surface area contributed by atoms with Gasteiger partial charge in [-0.2, -0.15) is 0 Å². The van der Waals surface area contributed by atoms with Crippen LogP contribution in [0.2, 0.25) is 0 Å². The highest BCUT2D eigenvalue weighted by molar-refractivity contribution is 9.10. The third kappa shape index (κ3) is 3.74. The van der Waals surface area contributed by atoms with E-state index in [9.17, 15) is 4.79 Å². The molecule has 0 radical (unpaired) electrons. The van der Waals surface area contributed by atoms with Crippen molar-refractivity contribution in [3.63, 3.8) is 0 Å². The topological polar surface area (TPSA) is 68.0 Å². The molecular weight excluding hydrogens is 314 g/mol. The minimum Gasteiger partial charge on any atom is -0.393 e. The van der Waals surface area contributed by atoms with Crippen molar-refractivity contribution in [2.45, 2.75) is 20.8 Å². The molecule has 1 rings (SSSR count). The Balaban J connectivity index is 2.86. The predicted octanol–water partition coefficient (Wildman–Crippen LogP) is 2.65. The van der Waals surface area contributed by atoms with E-state index >= 15 is 0 Å². The quantitative estimate of drug-likeness (QED) is 0.833. The molecule has 1 heterocycles. The van der Waals surface area contributed by atoms with Crippen LogP contribution in [0, 0.1) is 18.8 Å². The summed E-state index contributed by atoms with van der Waals surface area (Å²) >= 11 is 8.28. The molecule has 0 fully saturated rings. The molecule has 0 aliphatic rings. The number of aromatic nitrogens is 1. The molecule has 0 saturated carbocycles. The van der Waals surface area contributed by atoms with Gasteiger partial charge in [0.25, 0.3) is 0 Å². The highest BCUT2D eigenvalue weighted by Crippen LogP contribution is 2.18. The maximum absolute atomic E-state index is 12.1. The summed E-state index contributed by atoms with van der Waals surface area (Å²) in [6.45, 7) is 5.67. The Kier molecular flexibility index (Phi) is 5.22. The lowest BCUT2D eigenvalue weighted by molar-refractivity contribution is -0.118. The van der Waals surface area contributed by atoms with E-state index < -0.39 is 5.92 Å². The first-order chi connectivity index (χ1) is 8.32. The summed E-state index contributed by atoms with van der Waals surface area (Å²) in [4.78, 5) is 16.5. The molecular formula is C12H16BrN3OS. The number of hydrogen-bond acceptors (Lipinski definition) is 3. The van der Waals surface area contributed by atoms with Crippen LogP contribution < -0.4 is 11.1 Å². The normalized spacial score (nSPS) is 12.3. The molecule has 0 aliphatic heterocycles. The van der Waals surface area contributed by atoms with Crippen molar-refractivity contribution in [3.8, 4) is 0 Å². The van der Waals surface area contributed by atoms with Crippen molar-refractivity contribution in [1.29, 1.82) is 0 Å². The molecule has 1 unspecified atom stereocenters. The summed E-state index contributed by atoms with van der Waals surface area (Å²) < 4.78 is 0.898. The zero-order valence-electron chi connectivity index (χ0n) is 10.5. The van der Waals surface area contributed by atoms with E-state index in [4.69, 9.17) is 18.0 Å². The number of pyridine rings is 1. The first kappa shape index (κ1) is 15.0. The lowest BCUT2D eigenvalue weighted by Gasteiger charge is -2.18. The molecule has 0 saturated heterocycles. The average Bonchev–Trinajstić information content (AvgIpc) is 2.22. The number of amides is 1. The van der Waals surface area contributed by atoms with Crippen molar-refractivity contribution >= 4 is 44.9 Å². The first-order valence-electron chi connectivity index (χ1n) is 5.56. The van der Waals surface area contributed by atoms with Gasteiger partial charge in [0.1, 0.15) is 5.82 Å². The number of rotatable bonds is 4. The molecule has 1 atom stereocenters. The molecule has 3 N–H and O–H groups in total. The summed E-state index contributed by atoms with van der Waals surface area (Å²) in [7, 11) is 0. The van der Waals surface area contributed by atoms with Crippen molar-refractivity contribution in [2.75, 3.05) is 5.32 Å². The third-order valence-electron chi connectivity index (χ3n) is 2.53. The average molecular weight is 330 g/mol. The van der Waals surface area contributed by atoms with E-state index in [1.54, 1.807) is 6.07 Å². The van der Waals surface area contributed by atoms with Crippen LogP contribution in [0.3, 0.4) is 0 Å². The summed E-state index contributed by atoms with van der Waals surface area (Å²) in [5.74, 6) is -0.140. The van der Waals surface area contributed by atoms with E-state index in [2.05, 4.69) is 26.2 Å². The van der Waals surface area contributed by atoms with Crippen molar-refractivity contribution in [2.24, 2.45) is 17.6 Å². The number of thiocarbonyl (C=S) groups is 1. The molecule has 0 aliphatic carbocycles. The van der Waals surface area contributed by atoms with Crippen LogP contribution in [-0.4, -0.2) is 15.9 Å². The second-order valence-corrected chi connectivity index (χ2v) is 5.70. The summed E-state index contributed by atoms with van der Waals surface area (Å²) in [5.41, 5.74) is 6.40. The highest BCUT2D eigenvalue weighted by atomic mass is 79.9. The maximum Gasteiger partial charge on any atom is 0.235 e. The largest absolute Gasteiger partial charge is 0.393 e. The van der Waals surface area contributed by atoms with Gasteiger partial charge >= 0.3 is 0 Å². The van der Waals surface area contributed by atoms with E-state index in [1.165, 1.54) is 0 Å². The molecule has 0 bridgehead atoms. The zero-order chi connectivity index (χ0) is 13.9. The van der Waals surface area contributed by atoms with Gasteiger partial charge in [-0.3, -0.25) is 4.79 Å². The Hall–Kier alpha value is -1.01. The lowest BCUT2D eigenvalue weighted by atomic mass is 9.95. The Morgan fingerprint density at radius 1 is 1.50 bits per heavy atom. The molecule has 4 nitrogen and oxygen atoms in total. The standard InChI is InChI=1S/C12H16BrN3OS/c1-6(2)10(11(14)18)12(17)16-9-5-4-8(13)7(3)15-9/h4-6,10H,1-3H3,(H2,14,18)(H,15,16,17). The zero-order valence-corrected chi connectivity index (χ0v) is 12.9. The van der Waals surface area contributed by atoms with Gasteiger partial charge in [0.05, 0.1) is 16.6 Å². The van der Waals surface area contributed by atoms with E-state index in [1.807, 2.05) is 26.8 Å². The number of aryl methyl sites for hydroxylation is 1. The number of nitrogens with one attached hydrogen (secondary N) is 1. The molecule has 6 heteroatoms. The fourth-order valence-electron chi connectivity index (χ4n) is 1.58. The number of hydrogen-bond donors (Lipinski definition) is 2. The lowest BCUT2D eigenvalue weighted by Crippen LogP contribution is -2.37. The Bertz CT molecular complexity index is 476. The molecule has 1 amide bonds. The molecule has 1 aromatic heterocycles. The van der Waals surface area contributed by atoms with Crippen LogP contribution in [0.25, 0.3) is 0 Å². The summed E-state index contributed by atoms with van der Waals surface area (Å²) in [5, 5.41) is 2.73. The van der Waals surface area contributed by atoms with E-state index in [0.717, 1.165) is 10.2 Å². The number of carbonyl (C=O) groups is 1. The number of nitrogens with two attached hydrogens (primary N) is 1. The fraction of sp³-hybridized carbons (Fsp3) is 0.417. The predicted molar refractivity (Wildman–Crippen MR) is 80.4 cm³/mol. The minimum absolute atomic E-state index is 0.0547. The Morgan fingerprint density at radius 2 is 2.11 bits per heavy atom. The highest BCUT2D eigenvalue weighted by Gasteiger charge is 2.25. The number of nitrogens with zero attached hydrogens (tertiary/aromatic N) is 1. The van der Waals surface area contributed by atoms with Gasteiger partial charge in [-0.05, 0) is 40.9 Å². The van der Waals surface area contributed by atoms with Gasteiger partial charge in [0, 0.05) is 4.47 Å². The van der Waals surface area contributed by atoms with Crippen LogP contribution >= 0.6 is 28.1 Å². The number of carbonyl (C=O) groups excluding carboxylic acids is 1. The minimum atomic E-state index is -0.481. The van der Waals surface area contributed by atoms with Gasteiger partial charge in [-0.25, -0.2) is 4.98 Å². The number of anilines is 1. The Morgan fingerprint density at radius 3 is 2.56 bits per heavy atom. The van der Waals surface area contributed by atoms with Gasteiger partial charge in [0.15, 0.2) is 0 Å². The van der Waals surface area contributed by atoms with Gasteiger partial charge in [0.2, 0.25) is 5.91 Å². The van der Waals surface area contributed by atoms with Crippen LogP contribution in [-0.2, 0) is 4.79 Å². The van der Waals surface area contributed by atoms with Crippen molar-refractivity contribution in [3.05, 3.63) is 22.3 Å². The van der Waals surface area contributed by atoms with Gasteiger partial charge in [-0.1, -0.05) is 26.1 Å². The molecule has 1 aromatic rings. The van der Waals surface area contributed by atoms with Gasteiger partial charge in [-0.15, -0.1) is 0 Å². The van der Waals surface area contributed by atoms with E-state index in [-0.39, 0.29) is 16.8 Å². The van der Waals surface area contributed by atoms with Crippen LogP contribution in [0.1, 0.15) is 19.5 Å². The van der Waals surface area contributed by atoms with E-state index in [0.29, 0.717) is 5.82 Å². The van der Waals surface area contributed by atoms with Crippen LogP contribution in [0.4, 0.5) is 5.82 Å². The molecule has 0 spiro atoms. The van der Waals surface area contributed by atoms with Gasteiger partial charge < -0.3 is 11.1 Å². The maximum atomic E-state index is 12.1. The van der Waals surface area contributed by atoms with Crippen LogP contribution in [0.15, 0.2) is 16.6 Å². The molecule has 18 heavy (non-hydrogen) atoms. The second-order valence-electron chi connectivity index (χ2n) is 4.38. The van der Waals surface area contributed by atoms with Crippen molar-refractivity contribution in [1.82, 2.24) is 4.98 Å². The smallest absolute Gasteiger partial charge is 0.235 e. The second kappa shape index (κ2) is 6.24.